The Labute approximate surface area is 214 Å². The molecule has 3 N–H and O–H groups in total. The molecule has 0 aliphatic carbocycles. The number of hydrogen-bond donors (Lipinski definition) is 3. The van der Waals surface area contributed by atoms with Crippen LogP contribution in [0.15, 0.2) is 76.8 Å². The van der Waals surface area contributed by atoms with Crippen LogP contribution in [0.1, 0.15) is 5.56 Å². The van der Waals surface area contributed by atoms with Crippen molar-refractivity contribution in [3.63, 3.8) is 0 Å². The molecule has 2 amide bonds. The molecule has 10 heteroatoms. The highest BCUT2D eigenvalue weighted by Gasteiger charge is 2.11. The van der Waals surface area contributed by atoms with Gasteiger partial charge in [0.15, 0.2) is 0 Å². The van der Waals surface area contributed by atoms with Crippen LogP contribution in [0.25, 0.3) is 0 Å². The lowest BCUT2D eigenvalue weighted by atomic mass is 10.2. The SMILES string of the molecule is CNC(=O)/C=C\C(=O)Nc1ccc(Sc2nc(Nc3ccc(N4CCOCC4)cc3)ncc2C)cc1. The zero-order valence-electron chi connectivity index (χ0n) is 20.2. The van der Waals surface area contributed by atoms with E-state index in [2.05, 4.69) is 38.0 Å². The predicted molar refractivity (Wildman–Crippen MR) is 142 cm³/mol. The molecule has 3 aromatic rings. The fourth-order valence-electron chi connectivity index (χ4n) is 3.43. The Morgan fingerprint density at radius 2 is 1.64 bits per heavy atom. The molecule has 2 heterocycles. The van der Waals surface area contributed by atoms with Crippen molar-refractivity contribution in [3.8, 4) is 0 Å². The summed E-state index contributed by atoms with van der Waals surface area (Å²) in [4.78, 5) is 35.5. The molecule has 1 aliphatic heterocycles. The molecule has 36 heavy (non-hydrogen) atoms. The molecule has 1 aromatic heterocycles. The van der Waals surface area contributed by atoms with Gasteiger partial charge in [0.25, 0.3) is 0 Å². The molecule has 9 nitrogen and oxygen atoms in total. The Kier molecular flexibility index (Phi) is 8.53. The third-order valence-corrected chi connectivity index (χ3v) is 6.51. The maximum atomic E-state index is 11.9. The van der Waals surface area contributed by atoms with E-state index in [-0.39, 0.29) is 11.8 Å². The molecule has 1 fully saturated rings. The molecule has 2 aromatic carbocycles. The molecule has 0 spiro atoms. The number of rotatable bonds is 8. The number of morpholine rings is 1. The summed E-state index contributed by atoms with van der Waals surface area (Å²) >= 11 is 1.52. The molecule has 0 saturated carbocycles. The summed E-state index contributed by atoms with van der Waals surface area (Å²) in [7, 11) is 1.50. The minimum absolute atomic E-state index is 0.337. The first kappa shape index (κ1) is 25.2. The first-order valence-electron chi connectivity index (χ1n) is 11.5. The van der Waals surface area contributed by atoms with E-state index in [9.17, 15) is 9.59 Å². The van der Waals surface area contributed by atoms with E-state index < -0.39 is 0 Å². The van der Waals surface area contributed by atoms with Crippen molar-refractivity contribution in [2.45, 2.75) is 16.8 Å². The van der Waals surface area contributed by atoms with Gasteiger partial charge in [0.05, 0.1) is 13.2 Å². The minimum atomic E-state index is -0.376. The third kappa shape index (κ3) is 7.06. The lowest BCUT2D eigenvalue weighted by Crippen LogP contribution is -2.36. The fraction of sp³-hybridized carbons (Fsp3) is 0.231. The molecular formula is C26H28N6O3S. The highest BCUT2D eigenvalue weighted by atomic mass is 32.2. The van der Waals surface area contributed by atoms with Gasteiger partial charge in [0, 0.05) is 66.0 Å². The number of likely N-dealkylation sites (N-methyl/N-ethyl adjacent to an activating group) is 1. The van der Waals surface area contributed by atoms with Crippen LogP contribution in [0, 0.1) is 6.92 Å². The number of carbonyl (C=O) groups excluding carboxylic acids is 2. The minimum Gasteiger partial charge on any atom is -0.378 e. The second-order valence-electron chi connectivity index (χ2n) is 8.02. The Morgan fingerprint density at radius 1 is 0.972 bits per heavy atom. The van der Waals surface area contributed by atoms with E-state index >= 15 is 0 Å². The second-order valence-corrected chi connectivity index (χ2v) is 9.08. The average molecular weight is 505 g/mol. The monoisotopic (exact) mass is 504 g/mol. The largest absolute Gasteiger partial charge is 0.378 e. The van der Waals surface area contributed by atoms with Gasteiger partial charge in [-0.05, 0) is 55.5 Å². The molecule has 186 valence electrons. The van der Waals surface area contributed by atoms with Crippen LogP contribution in [0.2, 0.25) is 0 Å². The van der Waals surface area contributed by atoms with Crippen molar-refractivity contribution < 1.29 is 14.3 Å². The zero-order chi connectivity index (χ0) is 25.3. The Hall–Kier alpha value is -3.89. The van der Waals surface area contributed by atoms with Crippen molar-refractivity contribution in [2.24, 2.45) is 0 Å². The summed E-state index contributed by atoms with van der Waals surface area (Å²) < 4.78 is 5.42. The molecule has 0 unspecified atom stereocenters. The molecule has 1 aliphatic rings. The number of benzene rings is 2. The van der Waals surface area contributed by atoms with Gasteiger partial charge in [-0.25, -0.2) is 9.97 Å². The van der Waals surface area contributed by atoms with Gasteiger partial charge in [0.1, 0.15) is 5.03 Å². The van der Waals surface area contributed by atoms with Crippen LogP contribution in [0.4, 0.5) is 23.0 Å². The van der Waals surface area contributed by atoms with Crippen LogP contribution in [0.5, 0.6) is 0 Å². The van der Waals surface area contributed by atoms with Crippen LogP contribution < -0.4 is 20.9 Å². The highest BCUT2D eigenvalue weighted by molar-refractivity contribution is 7.99. The van der Waals surface area contributed by atoms with Crippen molar-refractivity contribution in [1.82, 2.24) is 15.3 Å². The van der Waals surface area contributed by atoms with Gasteiger partial charge in [-0.2, -0.15) is 0 Å². The number of carbonyl (C=O) groups is 2. The Balaban J connectivity index is 1.37. The van der Waals surface area contributed by atoms with Crippen molar-refractivity contribution >= 4 is 46.6 Å². The maximum absolute atomic E-state index is 11.9. The van der Waals surface area contributed by atoms with E-state index in [1.54, 1.807) is 18.3 Å². The summed E-state index contributed by atoms with van der Waals surface area (Å²) in [6, 6.07) is 15.6. The summed E-state index contributed by atoms with van der Waals surface area (Å²) in [5.74, 6) is -0.190. The number of ether oxygens (including phenoxy) is 1. The van der Waals surface area contributed by atoms with Crippen LogP contribution in [-0.2, 0) is 14.3 Å². The molecule has 1 saturated heterocycles. The lowest BCUT2D eigenvalue weighted by Gasteiger charge is -2.28. The van der Waals surface area contributed by atoms with E-state index in [4.69, 9.17) is 9.72 Å². The van der Waals surface area contributed by atoms with E-state index in [0.717, 1.165) is 47.5 Å². The van der Waals surface area contributed by atoms with Gasteiger partial charge < -0.3 is 25.6 Å². The molecule has 0 atom stereocenters. The number of aromatic nitrogens is 2. The molecule has 4 rings (SSSR count). The van der Waals surface area contributed by atoms with Gasteiger partial charge >= 0.3 is 0 Å². The topological polar surface area (TPSA) is 108 Å². The summed E-state index contributed by atoms with van der Waals surface area (Å²) in [6.07, 6.45) is 4.17. The number of nitrogens with one attached hydrogen (secondary N) is 3. The second kappa shape index (κ2) is 12.2. The highest BCUT2D eigenvalue weighted by Crippen LogP contribution is 2.30. The van der Waals surface area contributed by atoms with Crippen molar-refractivity contribution in [2.75, 3.05) is 48.9 Å². The standard InChI is InChI=1S/C26H28N6O3S/c1-18-17-28-26(30-20-3-7-21(8-4-20)32-13-15-35-16-14-32)31-25(18)36-22-9-5-19(6-10-22)29-24(34)12-11-23(33)27-2/h3-12,17H,13-16H2,1-2H3,(H,27,33)(H,29,34)(H,28,30,31)/b12-11-. The summed E-state index contributed by atoms with van der Waals surface area (Å²) in [6.45, 7) is 5.28. The van der Waals surface area contributed by atoms with E-state index in [0.29, 0.717) is 11.6 Å². The van der Waals surface area contributed by atoms with Crippen LogP contribution >= 0.6 is 11.8 Å². The predicted octanol–water partition coefficient (Wildman–Crippen LogP) is 3.76. The number of aryl methyl sites for hydroxylation is 1. The van der Waals surface area contributed by atoms with Gasteiger partial charge in [-0.3, -0.25) is 9.59 Å². The normalized spacial score (nSPS) is 13.4. The van der Waals surface area contributed by atoms with Crippen molar-refractivity contribution in [1.29, 1.82) is 0 Å². The zero-order valence-corrected chi connectivity index (χ0v) is 21.0. The number of nitrogens with zero attached hydrogens (tertiary/aromatic N) is 3. The Morgan fingerprint density at radius 3 is 2.33 bits per heavy atom. The quantitative estimate of drug-likeness (QED) is 0.314. The fourth-order valence-corrected chi connectivity index (χ4v) is 4.27. The molecular weight excluding hydrogens is 476 g/mol. The first-order chi connectivity index (χ1) is 17.5. The van der Waals surface area contributed by atoms with Crippen molar-refractivity contribution in [3.05, 3.63) is 72.4 Å². The van der Waals surface area contributed by atoms with E-state index in [1.165, 1.54) is 36.6 Å². The Bertz CT molecular complexity index is 1230. The maximum Gasteiger partial charge on any atom is 0.248 e. The average Bonchev–Trinajstić information content (AvgIpc) is 2.91. The number of hydrogen-bond acceptors (Lipinski definition) is 8. The lowest BCUT2D eigenvalue weighted by molar-refractivity contribution is -0.117. The van der Waals surface area contributed by atoms with Crippen LogP contribution in [-0.4, -0.2) is 55.1 Å². The van der Waals surface area contributed by atoms with Gasteiger partial charge in [0.2, 0.25) is 17.8 Å². The number of amides is 2. The summed E-state index contributed by atoms with van der Waals surface area (Å²) in [5, 5.41) is 9.26. The van der Waals surface area contributed by atoms with Crippen LogP contribution in [0.3, 0.4) is 0 Å². The third-order valence-electron chi connectivity index (χ3n) is 5.39. The van der Waals surface area contributed by atoms with E-state index in [1.807, 2.05) is 31.2 Å². The molecule has 0 bridgehead atoms. The summed E-state index contributed by atoms with van der Waals surface area (Å²) in [5.41, 5.74) is 3.68. The smallest absolute Gasteiger partial charge is 0.248 e. The number of anilines is 4. The van der Waals surface area contributed by atoms with Gasteiger partial charge in [-0.15, -0.1) is 0 Å². The van der Waals surface area contributed by atoms with Gasteiger partial charge in [-0.1, -0.05) is 11.8 Å². The first-order valence-corrected chi connectivity index (χ1v) is 12.3. The molecule has 0 radical (unpaired) electrons.